The minimum absolute atomic E-state index is 0. The zero-order chi connectivity index (χ0) is 4.24. The largest absolute Gasteiger partial charge is 0.313 e. The summed E-state index contributed by atoms with van der Waals surface area (Å²) in [6.07, 6.45) is 5.57. The van der Waals surface area contributed by atoms with E-state index >= 15 is 0 Å². The van der Waals surface area contributed by atoms with Crippen molar-refractivity contribution in [1.82, 2.24) is 5.32 Å². The standard InChI is InChI=1S/C5H9N.BH3/c1-2-4-6-5-3-1;/h1-2,6H,3-5H2;1H3. The molecule has 0 saturated heterocycles. The zero-order valence-corrected chi connectivity index (χ0v) is 3.78. The SMILES string of the molecule is B.C1=CCNCC1. The maximum Gasteiger partial charge on any atom is 0.0814 e. The van der Waals surface area contributed by atoms with Crippen LogP contribution in [0.25, 0.3) is 0 Å². The third kappa shape index (κ3) is 2.46. The second kappa shape index (κ2) is 3.94. The monoisotopic (exact) mass is 97.1 g/mol. The molecule has 0 spiro atoms. The molecule has 1 rings (SSSR count). The molecule has 1 aliphatic rings. The molecule has 1 nitrogen and oxygen atoms in total. The summed E-state index contributed by atoms with van der Waals surface area (Å²) in [6, 6.07) is 0. The van der Waals surface area contributed by atoms with E-state index in [1.165, 1.54) is 6.42 Å². The van der Waals surface area contributed by atoms with Gasteiger partial charge >= 0.3 is 0 Å². The van der Waals surface area contributed by atoms with Gasteiger partial charge in [-0.1, -0.05) is 12.2 Å². The minimum Gasteiger partial charge on any atom is -0.313 e. The molecule has 1 N–H and O–H groups in total. The van der Waals surface area contributed by atoms with Crippen molar-refractivity contribution in [3.8, 4) is 0 Å². The lowest BCUT2D eigenvalue weighted by Gasteiger charge is -2.01. The van der Waals surface area contributed by atoms with Gasteiger partial charge in [-0.2, -0.15) is 0 Å². The molecular formula is C5H12BN. The first-order valence-electron chi connectivity index (χ1n) is 2.36. The molecule has 0 aliphatic carbocycles. The summed E-state index contributed by atoms with van der Waals surface area (Å²) < 4.78 is 0. The molecule has 0 aromatic carbocycles. The lowest BCUT2D eigenvalue weighted by Crippen LogP contribution is -2.17. The highest BCUT2D eigenvalue weighted by Crippen LogP contribution is 1.84. The van der Waals surface area contributed by atoms with E-state index in [4.69, 9.17) is 0 Å². The Labute approximate surface area is 46.4 Å². The number of hydrogen-bond acceptors (Lipinski definition) is 1. The average Bonchev–Trinajstić information content (AvgIpc) is 1.72. The fourth-order valence-electron chi connectivity index (χ4n) is 0.572. The summed E-state index contributed by atoms with van der Waals surface area (Å²) in [5.74, 6) is 0. The van der Waals surface area contributed by atoms with E-state index in [9.17, 15) is 0 Å². The second-order valence-corrected chi connectivity index (χ2v) is 1.46. The van der Waals surface area contributed by atoms with Gasteiger partial charge in [-0.25, -0.2) is 0 Å². The molecule has 1 heterocycles. The van der Waals surface area contributed by atoms with Crippen molar-refractivity contribution in [2.45, 2.75) is 6.42 Å². The van der Waals surface area contributed by atoms with Gasteiger partial charge in [0.1, 0.15) is 0 Å². The van der Waals surface area contributed by atoms with Gasteiger partial charge in [-0.15, -0.1) is 0 Å². The highest BCUT2D eigenvalue weighted by atomic mass is 14.8. The van der Waals surface area contributed by atoms with Crippen LogP contribution in [0.15, 0.2) is 12.2 Å². The number of nitrogens with one attached hydrogen (secondary N) is 1. The van der Waals surface area contributed by atoms with Crippen LogP contribution in [0.1, 0.15) is 6.42 Å². The van der Waals surface area contributed by atoms with Crippen LogP contribution in [0, 0.1) is 0 Å². The minimum atomic E-state index is 0. The lowest BCUT2D eigenvalue weighted by molar-refractivity contribution is 0.728. The quantitative estimate of drug-likeness (QED) is 0.313. The first kappa shape index (κ1) is 6.76. The summed E-state index contributed by atoms with van der Waals surface area (Å²) in [6.45, 7) is 2.23. The fourth-order valence-corrected chi connectivity index (χ4v) is 0.572. The average molecular weight is 97.0 g/mol. The van der Waals surface area contributed by atoms with E-state index < -0.39 is 0 Å². The predicted octanol–water partition coefficient (Wildman–Crippen LogP) is -0.648. The van der Waals surface area contributed by atoms with E-state index in [2.05, 4.69) is 17.5 Å². The molecular weight excluding hydrogens is 84.9 g/mol. The predicted molar refractivity (Wildman–Crippen MR) is 36.6 cm³/mol. The van der Waals surface area contributed by atoms with E-state index in [0.717, 1.165) is 13.1 Å². The van der Waals surface area contributed by atoms with Gasteiger partial charge in [0.15, 0.2) is 0 Å². The Bertz CT molecular complexity index is 53.1. The third-order valence-corrected chi connectivity index (χ3v) is 0.917. The van der Waals surface area contributed by atoms with Crippen molar-refractivity contribution in [2.75, 3.05) is 13.1 Å². The Morgan fingerprint density at radius 2 is 2.14 bits per heavy atom. The molecule has 1 aliphatic heterocycles. The van der Waals surface area contributed by atoms with Gasteiger partial charge in [0.2, 0.25) is 0 Å². The van der Waals surface area contributed by atoms with Crippen molar-refractivity contribution < 1.29 is 0 Å². The van der Waals surface area contributed by atoms with E-state index in [1.54, 1.807) is 0 Å². The molecule has 7 heavy (non-hydrogen) atoms. The van der Waals surface area contributed by atoms with Crippen molar-refractivity contribution in [1.29, 1.82) is 0 Å². The summed E-state index contributed by atoms with van der Waals surface area (Å²) in [4.78, 5) is 0. The molecule has 0 radical (unpaired) electrons. The molecule has 0 unspecified atom stereocenters. The van der Waals surface area contributed by atoms with Crippen molar-refractivity contribution in [3.05, 3.63) is 12.2 Å². The first-order valence-corrected chi connectivity index (χ1v) is 2.36. The van der Waals surface area contributed by atoms with Crippen LogP contribution in [0.3, 0.4) is 0 Å². The first-order chi connectivity index (χ1) is 3.00. The Balaban J connectivity index is 0.000000360. The van der Waals surface area contributed by atoms with Crippen LogP contribution >= 0.6 is 0 Å². The maximum absolute atomic E-state index is 3.20. The van der Waals surface area contributed by atoms with E-state index in [0.29, 0.717) is 0 Å². The fraction of sp³-hybridized carbons (Fsp3) is 0.600. The summed E-state index contributed by atoms with van der Waals surface area (Å²) in [7, 11) is 0. The summed E-state index contributed by atoms with van der Waals surface area (Å²) in [5, 5.41) is 3.20. The molecule has 0 atom stereocenters. The second-order valence-electron chi connectivity index (χ2n) is 1.46. The third-order valence-electron chi connectivity index (χ3n) is 0.917. The Morgan fingerprint density at radius 1 is 1.29 bits per heavy atom. The molecule has 0 aromatic heterocycles. The van der Waals surface area contributed by atoms with Gasteiger partial charge in [0.25, 0.3) is 0 Å². The normalized spacial score (nSPS) is 18.3. The van der Waals surface area contributed by atoms with E-state index in [1.807, 2.05) is 0 Å². The van der Waals surface area contributed by atoms with Gasteiger partial charge in [0, 0.05) is 6.54 Å². The van der Waals surface area contributed by atoms with Crippen LogP contribution in [0.2, 0.25) is 0 Å². The highest BCUT2D eigenvalue weighted by molar-refractivity contribution is 5.75. The van der Waals surface area contributed by atoms with Gasteiger partial charge < -0.3 is 5.32 Å². The highest BCUT2D eigenvalue weighted by Gasteiger charge is 1.84. The zero-order valence-electron chi connectivity index (χ0n) is 3.78. The van der Waals surface area contributed by atoms with Crippen LogP contribution in [0.4, 0.5) is 0 Å². The molecule has 2 heteroatoms. The summed E-state index contributed by atoms with van der Waals surface area (Å²) >= 11 is 0. The molecule has 0 amide bonds. The van der Waals surface area contributed by atoms with Crippen LogP contribution in [-0.2, 0) is 0 Å². The van der Waals surface area contributed by atoms with Crippen LogP contribution in [-0.4, -0.2) is 21.5 Å². The molecule has 0 bridgehead atoms. The number of hydrogen-bond donors (Lipinski definition) is 1. The molecule has 0 fully saturated rings. The molecule has 0 aromatic rings. The Morgan fingerprint density at radius 3 is 2.29 bits per heavy atom. The van der Waals surface area contributed by atoms with Gasteiger partial charge in [0.05, 0.1) is 8.41 Å². The van der Waals surface area contributed by atoms with Crippen LogP contribution < -0.4 is 5.32 Å². The smallest absolute Gasteiger partial charge is 0.0814 e. The van der Waals surface area contributed by atoms with Crippen molar-refractivity contribution in [3.63, 3.8) is 0 Å². The molecule has 0 saturated carbocycles. The van der Waals surface area contributed by atoms with Gasteiger partial charge in [-0.05, 0) is 13.0 Å². The number of rotatable bonds is 0. The van der Waals surface area contributed by atoms with Crippen LogP contribution in [0.5, 0.6) is 0 Å². The Kier molecular flexibility index (Phi) is 3.81. The summed E-state index contributed by atoms with van der Waals surface area (Å²) in [5.41, 5.74) is 0. The maximum atomic E-state index is 3.20. The Hall–Kier alpha value is -0.235. The van der Waals surface area contributed by atoms with E-state index in [-0.39, 0.29) is 8.41 Å². The molecule has 40 valence electrons. The van der Waals surface area contributed by atoms with Gasteiger partial charge in [-0.3, -0.25) is 0 Å². The van der Waals surface area contributed by atoms with Crippen molar-refractivity contribution in [2.24, 2.45) is 0 Å². The topological polar surface area (TPSA) is 12.0 Å². The lowest BCUT2D eigenvalue weighted by atomic mass is 10.3. The van der Waals surface area contributed by atoms with Crippen molar-refractivity contribution >= 4 is 8.41 Å².